The molecule has 0 aliphatic carbocycles. The fourth-order valence-electron chi connectivity index (χ4n) is 1.78. The largest absolute Gasteiger partial charge is 0.465 e. The number of carbonyl (C=O) groups is 2. The van der Waals surface area contributed by atoms with Crippen LogP contribution in [0, 0.1) is 0 Å². The number of hydrogen-bond donors (Lipinski definition) is 1. The summed E-state index contributed by atoms with van der Waals surface area (Å²) >= 11 is 2.41. The fourth-order valence-corrected chi connectivity index (χ4v) is 2.76. The molecule has 0 saturated carbocycles. The molecule has 1 atom stereocenters. The molecule has 0 aromatic heterocycles. The number of esters is 1. The van der Waals surface area contributed by atoms with Gasteiger partial charge in [-0.25, -0.2) is 18.9 Å². The summed E-state index contributed by atoms with van der Waals surface area (Å²) in [5, 5.41) is 0.512. The van der Waals surface area contributed by atoms with E-state index in [1.165, 1.54) is 16.1 Å². The van der Waals surface area contributed by atoms with Gasteiger partial charge < -0.3 is 9.57 Å². The maximum atomic E-state index is 12.1. The molecule has 0 radical (unpaired) electrons. The highest BCUT2D eigenvalue weighted by molar-refractivity contribution is 8.02. The van der Waals surface area contributed by atoms with Gasteiger partial charge in [0.05, 0.1) is 11.6 Å². The zero-order chi connectivity index (χ0) is 19.5. The van der Waals surface area contributed by atoms with Crippen molar-refractivity contribution >= 4 is 36.0 Å². The molecule has 0 bridgehead atoms. The highest BCUT2D eigenvalue weighted by Crippen LogP contribution is 2.23. The van der Waals surface area contributed by atoms with E-state index < -0.39 is 12.1 Å². The minimum absolute atomic E-state index is 0.297. The second-order valence-corrected chi connectivity index (χ2v) is 7.25. The maximum absolute atomic E-state index is 12.1. The number of rotatable bonds is 10. The Balaban J connectivity index is 2.78. The Hall–Kier alpha value is -1.84. The topological polar surface area (TPSA) is 71.1 Å². The Kier molecular flexibility index (Phi) is 10.0. The van der Waals surface area contributed by atoms with Crippen LogP contribution in [-0.4, -0.2) is 46.6 Å². The molecule has 144 valence electrons. The van der Waals surface area contributed by atoms with Crippen molar-refractivity contribution in [3.8, 4) is 0 Å². The SMILES string of the molecule is C=C(NOC(=O)N(C)SN(Cc1ccccc1)[C@@H](C)C(=O)OCC)SC. The molecule has 1 N–H and O–H groups in total. The van der Waals surface area contributed by atoms with Crippen LogP contribution in [0.2, 0.25) is 0 Å². The van der Waals surface area contributed by atoms with Crippen molar-refractivity contribution in [2.24, 2.45) is 0 Å². The third-order valence-electron chi connectivity index (χ3n) is 3.22. The number of benzene rings is 1. The first-order chi connectivity index (χ1) is 12.4. The molecule has 1 aromatic carbocycles. The molecular formula is C17H25N3O4S2. The second-order valence-electron chi connectivity index (χ2n) is 5.17. The summed E-state index contributed by atoms with van der Waals surface area (Å²) in [6.45, 7) is 7.91. The van der Waals surface area contributed by atoms with Crippen molar-refractivity contribution in [3.05, 3.63) is 47.5 Å². The van der Waals surface area contributed by atoms with Gasteiger partial charge in [-0.3, -0.25) is 4.79 Å². The minimum Gasteiger partial charge on any atom is -0.465 e. The van der Waals surface area contributed by atoms with E-state index in [4.69, 9.17) is 9.57 Å². The van der Waals surface area contributed by atoms with Gasteiger partial charge in [-0.1, -0.05) is 36.9 Å². The van der Waals surface area contributed by atoms with Crippen molar-refractivity contribution in [1.82, 2.24) is 14.1 Å². The van der Waals surface area contributed by atoms with E-state index in [2.05, 4.69) is 12.1 Å². The van der Waals surface area contributed by atoms with Crippen molar-refractivity contribution in [2.75, 3.05) is 19.9 Å². The summed E-state index contributed by atoms with van der Waals surface area (Å²) in [6.07, 6.45) is 1.20. The third-order valence-corrected chi connectivity index (χ3v) is 4.85. The van der Waals surface area contributed by atoms with E-state index in [0.717, 1.165) is 17.7 Å². The molecule has 7 nitrogen and oxygen atoms in total. The van der Waals surface area contributed by atoms with Crippen molar-refractivity contribution < 1.29 is 19.2 Å². The van der Waals surface area contributed by atoms with Crippen LogP contribution in [0.5, 0.6) is 0 Å². The monoisotopic (exact) mass is 399 g/mol. The van der Waals surface area contributed by atoms with Gasteiger partial charge in [-0.15, -0.1) is 11.8 Å². The highest BCUT2D eigenvalue weighted by Gasteiger charge is 2.27. The van der Waals surface area contributed by atoms with Crippen LogP contribution in [0.4, 0.5) is 4.79 Å². The van der Waals surface area contributed by atoms with Crippen LogP contribution < -0.4 is 5.48 Å². The van der Waals surface area contributed by atoms with E-state index in [9.17, 15) is 9.59 Å². The van der Waals surface area contributed by atoms with Crippen LogP contribution in [0.1, 0.15) is 19.4 Å². The summed E-state index contributed by atoms with van der Waals surface area (Å²) in [6, 6.07) is 9.11. The van der Waals surface area contributed by atoms with E-state index in [-0.39, 0.29) is 5.97 Å². The van der Waals surface area contributed by atoms with Crippen molar-refractivity contribution in [1.29, 1.82) is 0 Å². The normalized spacial score (nSPS) is 11.6. The van der Waals surface area contributed by atoms with Crippen LogP contribution in [0.25, 0.3) is 0 Å². The van der Waals surface area contributed by atoms with Crippen LogP contribution in [0.3, 0.4) is 0 Å². The molecule has 0 aliphatic heterocycles. The first-order valence-electron chi connectivity index (χ1n) is 7.97. The summed E-state index contributed by atoms with van der Waals surface area (Å²) < 4.78 is 8.16. The predicted molar refractivity (Wildman–Crippen MR) is 106 cm³/mol. The fraction of sp³-hybridized carbons (Fsp3) is 0.412. The number of carbonyl (C=O) groups excluding carboxylic acids is 2. The molecule has 0 unspecified atom stereocenters. The molecule has 1 rings (SSSR count). The molecule has 0 heterocycles. The Bertz CT molecular complexity index is 601. The molecule has 26 heavy (non-hydrogen) atoms. The van der Waals surface area contributed by atoms with E-state index >= 15 is 0 Å². The molecule has 9 heteroatoms. The molecule has 1 amide bonds. The first-order valence-corrected chi connectivity index (χ1v) is 9.93. The lowest BCUT2D eigenvalue weighted by molar-refractivity contribution is -0.147. The lowest BCUT2D eigenvalue weighted by Crippen LogP contribution is -2.39. The summed E-state index contributed by atoms with van der Waals surface area (Å²) in [5.41, 5.74) is 3.47. The zero-order valence-corrected chi connectivity index (χ0v) is 17.1. The van der Waals surface area contributed by atoms with Gasteiger partial charge >= 0.3 is 12.1 Å². The molecule has 0 saturated heterocycles. The van der Waals surface area contributed by atoms with E-state index in [1.54, 1.807) is 25.2 Å². The zero-order valence-electron chi connectivity index (χ0n) is 15.4. The quantitative estimate of drug-likeness (QED) is 0.365. The lowest BCUT2D eigenvalue weighted by atomic mass is 10.2. The molecule has 0 aliphatic rings. The van der Waals surface area contributed by atoms with Crippen molar-refractivity contribution in [2.45, 2.75) is 26.4 Å². The Morgan fingerprint density at radius 2 is 1.96 bits per heavy atom. The molecule has 1 aromatic rings. The van der Waals surface area contributed by atoms with E-state index in [1.807, 2.05) is 36.6 Å². The summed E-state index contributed by atoms with van der Waals surface area (Å²) in [5.74, 6) is -0.355. The number of nitrogens with one attached hydrogen (secondary N) is 1. The van der Waals surface area contributed by atoms with Crippen LogP contribution in [0.15, 0.2) is 41.9 Å². The first kappa shape index (κ1) is 22.2. The Labute approximate surface area is 163 Å². The average molecular weight is 400 g/mol. The Morgan fingerprint density at radius 3 is 2.54 bits per heavy atom. The molecule has 0 spiro atoms. The number of hydroxylamine groups is 1. The smallest absolute Gasteiger partial charge is 0.444 e. The second kappa shape index (κ2) is 11.7. The third kappa shape index (κ3) is 7.59. The Morgan fingerprint density at radius 1 is 1.31 bits per heavy atom. The van der Waals surface area contributed by atoms with Gasteiger partial charge in [0.25, 0.3) is 0 Å². The number of amides is 1. The summed E-state index contributed by atoms with van der Waals surface area (Å²) in [4.78, 5) is 29.2. The number of thioether (sulfide) groups is 1. The lowest BCUT2D eigenvalue weighted by Gasteiger charge is -2.29. The van der Waals surface area contributed by atoms with Gasteiger partial charge in [0.1, 0.15) is 6.04 Å². The van der Waals surface area contributed by atoms with Crippen molar-refractivity contribution in [3.63, 3.8) is 0 Å². The molecule has 0 fully saturated rings. The maximum Gasteiger partial charge on any atom is 0.444 e. The minimum atomic E-state index is -0.612. The number of hydrogen-bond acceptors (Lipinski definition) is 8. The van der Waals surface area contributed by atoms with E-state index in [0.29, 0.717) is 18.2 Å². The van der Waals surface area contributed by atoms with Crippen LogP contribution in [-0.2, 0) is 20.9 Å². The van der Waals surface area contributed by atoms with Gasteiger partial charge in [-0.05, 0) is 25.7 Å². The summed E-state index contributed by atoms with van der Waals surface area (Å²) in [7, 11) is 1.56. The standard InChI is InChI=1S/C17H25N3O4S2/c1-6-23-16(21)13(2)20(12-15-10-8-7-9-11-15)26-19(4)17(22)24-18-14(3)25-5/h7-11,13,18H,3,6,12H2,1-2,4-5H3/t13-/m0/s1. The van der Waals surface area contributed by atoms with Gasteiger partial charge in [0, 0.05) is 25.7 Å². The van der Waals surface area contributed by atoms with Gasteiger partial charge in [0.15, 0.2) is 0 Å². The number of nitrogens with zero attached hydrogens (tertiary/aromatic N) is 2. The highest BCUT2D eigenvalue weighted by atomic mass is 32.2. The van der Waals surface area contributed by atoms with Gasteiger partial charge in [0.2, 0.25) is 0 Å². The predicted octanol–water partition coefficient (Wildman–Crippen LogP) is 3.41. The van der Waals surface area contributed by atoms with Gasteiger partial charge in [-0.2, -0.15) is 0 Å². The van der Waals surface area contributed by atoms with Crippen LogP contribution >= 0.6 is 23.9 Å². The molecular weight excluding hydrogens is 374 g/mol. The average Bonchev–Trinajstić information content (AvgIpc) is 2.65. The number of ether oxygens (including phenoxy) is 1.